The number of esters is 1. The van der Waals surface area contributed by atoms with E-state index in [1.165, 1.54) is 31.9 Å². The molecule has 0 aliphatic carbocycles. The zero-order chi connectivity index (χ0) is 35.4. The Balaban J connectivity index is 3.09. The minimum Gasteiger partial charge on any atom is -0.499 e. The minimum atomic E-state index is -0.145. The monoisotopic (exact) mass is 712 g/mol. The van der Waals surface area contributed by atoms with Gasteiger partial charge in [-0.15, -0.1) is 0 Å². The molecule has 0 aromatic rings. The topological polar surface area (TPSA) is 137 Å². The van der Waals surface area contributed by atoms with Gasteiger partial charge < -0.3 is 61.6 Å². The molecule has 0 saturated heterocycles. The molecule has 0 bridgehead atoms. The molecule has 0 aliphatic rings. The Kier molecular flexibility index (Phi) is 43.3. The van der Waals surface area contributed by atoms with Crippen LogP contribution in [0.4, 0.5) is 0 Å². The second-order valence-corrected chi connectivity index (χ2v) is 10.5. The number of carbonyl (C=O) groups excluding carboxylic acids is 1. The summed E-state index contributed by atoms with van der Waals surface area (Å²) < 4.78 is 70.0. The second-order valence-electron chi connectivity index (χ2n) is 10.5. The SMILES string of the molecule is C=COCCOCCOCCOCCOCCOCCOCCOCCOCCOCCOCCOCCOC(=O)CCCCCCCC. The van der Waals surface area contributed by atoms with Crippen molar-refractivity contribution in [2.75, 3.05) is 159 Å². The van der Waals surface area contributed by atoms with Crippen LogP contribution in [0.5, 0.6) is 0 Å². The summed E-state index contributed by atoms with van der Waals surface area (Å²) in [6.07, 6.45) is 8.81. The third-order valence-corrected chi connectivity index (χ3v) is 6.41. The van der Waals surface area contributed by atoms with E-state index in [2.05, 4.69) is 13.5 Å². The number of carbonyl (C=O) groups is 1. The van der Waals surface area contributed by atoms with Gasteiger partial charge in [-0.05, 0) is 6.42 Å². The third-order valence-electron chi connectivity index (χ3n) is 6.41. The summed E-state index contributed by atoms with van der Waals surface area (Å²) in [5.74, 6) is -0.145. The molecule has 0 heterocycles. The van der Waals surface area contributed by atoms with Crippen molar-refractivity contribution in [3.63, 3.8) is 0 Å². The van der Waals surface area contributed by atoms with Gasteiger partial charge in [-0.2, -0.15) is 0 Å². The molecule has 0 aromatic carbocycles. The summed E-state index contributed by atoms with van der Waals surface area (Å²) in [4.78, 5) is 11.7. The van der Waals surface area contributed by atoms with Crippen molar-refractivity contribution >= 4 is 5.97 Å². The van der Waals surface area contributed by atoms with Gasteiger partial charge in [0.05, 0.1) is 152 Å². The molecule has 0 radical (unpaired) electrons. The van der Waals surface area contributed by atoms with E-state index in [0.29, 0.717) is 158 Å². The van der Waals surface area contributed by atoms with E-state index < -0.39 is 0 Å². The highest BCUT2D eigenvalue weighted by molar-refractivity contribution is 5.69. The number of unbranched alkanes of at least 4 members (excludes halogenated alkanes) is 5. The predicted molar refractivity (Wildman–Crippen MR) is 184 cm³/mol. The zero-order valence-corrected chi connectivity index (χ0v) is 30.4. The first-order valence-corrected chi connectivity index (χ1v) is 18.0. The van der Waals surface area contributed by atoms with E-state index in [9.17, 15) is 4.79 Å². The molecule has 0 spiro atoms. The maximum atomic E-state index is 11.7. The lowest BCUT2D eigenvalue weighted by Gasteiger charge is -2.09. The van der Waals surface area contributed by atoms with Crippen molar-refractivity contribution in [1.29, 1.82) is 0 Å². The van der Waals surface area contributed by atoms with Gasteiger partial charge in [-0.1, -0.05) is 45.6 Å². The van der Waals surface area contributed by atoms with Crippen LogP contribution in [0.15, 0.2) is 12.8 Å². The van der Waals surface area contributed by atoms with Crippen molar-refractivity contribution < 1.29 is 66.4 Å². The summed E-state index contributed by atoms with van der Waals surface area (Å²) in [6.45, 7) is 17.3. The lowest BCUT2D eigenvalue weighted by molar-refractivity contribution is -0.145. The molecule has 292 valence electrons. The quantitative estimate of drug-likeness (QED) is 0.0517. The molecular weight excluding hydrogens is 644 g/mol. The lowest BCUT2D eigenvalue weighted by Crippen LogP contribution is -2.15. The van der Waals surface area contributed by atoms with Gasteiger partial charge in [0.25, 0.3) is 0 Å². The Morgan fingerprint density at radius 1 is 0.388 bits per heavy atom. The van der Waals surface area contributed by atoms with Crippen LogP contribution in [0.1, 0.15) is 51.9 Å². The number of ether oxygens (including phenoxy) is 13. The summed E-state index contributed by atoms with van der Waals surface area (Å²) in [5, 5.41) is 0. The van der Waals surface area contributed by atoms with Gasteiger partial charge >= 0.3 is 5.97 Å². The lowest BCUT2D eigenvalue weighted by atomic mass is 10.1. The van der Waals surface area contributed by atoms with Gasteiger partial charge in [0.1, 0.15) is 13.2 Å². The molecule has 0 unspecified atom stereocenters. The first-order valence-electron chi connectivity index (χ1n) is 18.0. The molecule has 49 heavy (non-hydrogen) atoms. The largest absolute Gasteiger partial charge is 0.499 e. The Morgan fingerprint density at radius 3 is 0.959 bits per heavy atom. The Bertz CT molecular complexity index is 643. The number of rotatable bonds is 44. The van der Waals surface area contributed by atoms with E-state index >= 15 is 0 Å². The van der Waals surface area contributed by atoms with Crippen LogP contribution in [-0.2, 0) is 66.4 Å². The van der Waals surface area contributed by atoms with Crippen LogP contribution in [0.2, 0.25) is 0 Å². The molecule has 0 aromatic heterocycles. The summed E-state index contributed by atoms with van der Waals surface area (Å²) in [5.41, 5.74) is 0. The number of hydrogen-bond acceptors (Lipinski definition) is 14. The molecular formula is C35H68O14. The van der Waals surface area contributed by atoms with Crippen molar-refractivity contribution in [2.24, 2.45) is 0 Å². The van der Waals surface area contributed by atoms with Crippen LogP contribution in [0.25, 0.3) is 0 Å². The summed E-state index contributed by atoms with van der Waals surface area (Å²) in [7, 11) is 0. The highest BCUT2D eigenvalue weighted by atomic mass is 16.6. The van der Waals surface area contributed by atoms with Crippen LogP contribution < -0.4 is 0 Å². The average molecular weight is 713 g/mol. The smallest absolute Gasteiger partial charge is 0.305 e. The van der Waals surface area contributed by atoms with Crippen LogP contribution in [0, 0.1) is 0 Å². The first kappa shape index (κ1) is 47.6. The van der Waals surface area contributed by atoms with Crippen molar-refractivity contribution in [3.8, 4) is 0 Å². The van der Waals surface area contributed by atoms with Gasteiger partial charge in [-0.3, -0.25) is 4.79 Å². The highest BCUT2D eigenvalue weighted by Gasteiger charge is 2.02. The third kappa shape index (κ3) is 44.5. The Hall–Kier alpha value is -1.43. The van der Waals surface area contributed by atoms with Crippen LogP contribution in [-0.4, -0.2) is 165 Å². The van der Waals surface area contributed by atoms with E-state index in [1.807, 2.05) is 0 Å². The number of hydrogen-bond donors (Lipinski definition) is 0. The van der Waals surface area contributed by atoms with E-state index in [1.54, 1.807) is 0 Å². The molecule has 0 rings (SSSR count). The van der Waals surface area contributed by atoms with Crippen molar-refractivity contribution in [3.05, 3.63) is 12.8 Å². The molecule has 0 N–H and O–H groups in total. The summed E-state index contributed by atoms with van der Waals surface area (Å²) >= 11 is 0. The maximum absolute atomic E-state index is 11.7. The molecule has 14 heteroatoms. The Labute approximate surface area is 295 Å². The van der Waals surface area contributed by atoms with Crippen molar-refractivity contribution in [1.82, 2.24) is 0 Å². The highest BCUT2D eigenvalue weighted by Crippen LogP contribution is 2.07. The minimum absolute atomic E-state index is 0.145. The second kappa shape index (κ2) is 44.6. The average Bonchev–Trinajstić information content (AvgIpc) is 3.11. The van der Waals surface area contributed by atoms with Gasteiger partial charge in [0.2, 0.25) is 0 Å². The molecule has 0 amide bonds. The fraction of sp³-hybridized carbons (Fsp3) is 0.914. The molecule has 0 atom stereocenters. The molecule has 14 nitrogen and oxygen atoms in total. The van der Waals surface area contributed by atoms with E-state index in [-0.39, 0.29) is 12.6 Å². The van der Waals surface area contributed by atoms with Crippen LogP contribution in [0.3, 0.4) is 0 Å². The van der Waals surface area contributed by atoms with Gasteiger partial charge in [0, 0.05) is 6.42 Å². The maximum Gasteiger partial charge on any atom is 0.305 e. The predicted octanol–water partition coefficient (Wildman–Crippen LogP) is 3.62. The van der Waals surface area contributed by atoms with Crippen LogP contribution >= 0.6 is 0 Å². The normalized spacial score (nSPS) is 11.3. The first-order chi connectivity index (χ1) is 24.3. The summed E-state index contributed by atoms with van der Waals surface area (Å²) in [6, 6.07) is 0. The molecule has 0 saturated carbocycles. The Morgan fingerprint density at radius 2 is 0.653 bits per heavy atom. The fourth-order valence-corrected chi connectivity index (χ4v) is 3.83. The zero-order valence-electron chi connectivity index (χ0n) is 30.4. The standard InChI is InChI=1S/C35H68O14/c1-3-5-6-7-8-9-10-35(36)49-34-33-48-32-31-47-30-29-46-28-27-45-26-25-44-24-23-43-22-21-42-20-19-41-18-17-40-16-15-39-14-13-38-12-11-37-4-2/h4H,2-3,5-34H2,1H3. The van der Waals surface area contributed by atoms with E-state index in [0.717, 1.165) is 12.8 Å². The fourth-order valence-electron chi connectivity index (χ4n) is 3.83. The van der Waals surface area contributed by atoms with Gasteiger partial charge in [-0.25, -0.2) is 0 Å². The molecule has 0 aliphatic heterocycles. The van der Waals surface area contributed by atoms with Gasteiger partial charge in [0.15, 0.2) is 0 Å². The van der Waals surface area contributed by atoms with Crippen molar-refractivity contribution in [2.45, 2.75) is 51.9 Å². The molecule has 0 fully saturated rings. The van der Waals surface area contributed by atoms with E-state index in [4.69, 9.17) is 61.6 Å².